The smallest absolute Gasteiger partial charge is 0.262 e. The fourth-order valence-corrected chi connectivity index (χ4v) is 13.3. The van der Waals surface area contributed by atoms with Crippen LogP contribution in [-0.2, 0) is 10.8 Å². The van der Waals surface area contributed by atoms with Crippen LogP contribution in [0.2, 0.25) is 0 Å². The summed E-state index contributed by atoms with van der Waals surface area (Å²) in [5.41, 5.74) is 22.1. The molecule has 2 aliphatic heterocycles. The van der Waals surface area contributed by atoms with Crippen molar-refractivity contribution in [1.29, 1.82) is 0 Å². The number of furan rings is 6. The van der Waals surface area contributed by atoms with Gasteiger partial charge in [-0.15, -0.1) is 0 Å². The molecule has 17 rings (SSSR count). The van der Waals surface area contributed by atoms with E-state index in [9.17, 15) is 0 Å². The molecule has 8 heterocycles. The number of anilines is 6. The Balaban J connectivity index is 0.990. The lowest BCUT2D eigenvalue weighted by atomic mass is 9.33. The van der Waals surface area contributed by atoms with Gasteiger partial charge in [-0.25, -0.2) is 0 Å². The third-order valence-electron chi connectivity index (χ3n) is 17.5. The minimum Gasteiger partial charge on any atom is -0.464 e. The van der Waals surface area contributed by atoms with Crippen molar-refractivity contribution in [2.24, 2.45) is 0 Å². The van der Waals surface area contributed by atoms with Gasteiger partial charge >= 0.3 is 0 Å². The Morgan fingerprint density at radius 2 is 0.651 bits per heavy atom. The van der Waals surface area contributed by atoms with E-state index < -0.39 is 0 Å². The molecule has 0 spiro atoms. The number of nitrogens with zero attached hydrogens (tertiary/aromatic N) is 2. The van der Waals surface area contributed by atoms with Crippen molar-refractivity contribution >= 4 is 123 Å². The molecule has 0 saturated heterocycles. The predicted molar refractivity (Wildman–Crippen MR) is 338 cm³/mol. The molecule has 0 atom stereocenters. The highest BCUT2D eigenvalue weighted by Gasteiger charge is 2.49. The molecule has 0 aliphatic carbocycles. The second-order valence-electron chi connectivity index (χ2n) is 24.5. The second kappa shape index (κ2) is 17.2. The predicted octanol–water partition coefficient (Wildman–Crippen LogP) is 19.5. The largest absolute Gasteiger partial charge is 0.464 e. The normalized spacial score (nSPS) is 13.3. The van der Waals surface area contributed by atoms with E-state index in [2.05, 4.69) is 191 Å². The van der Waals surface area contributed by atoms with E-state index in [4.69, 9.17) is 26.5 Å². The molecule has 0 fully saturated rings. The number of rotatable bonds is 6. The summed E-state index contributed by atoms with van der Waals surface area (Å²) in [4.78, 5) is 4.73. The van der Waals surface area contributed by atoms with Crippen LogP contribution in [0, 0.1) is 0 Å². The van der Waals surface area contributed by atoms with E-state index in [0.29, 0.717) is 0 Å². The van der Waals surface area contributed by atoms with E-state index >= 15 is 0 Å². The molecule has 9 heteroatoms. The summed E-state index contributed by atoms with van der Waals surface area (Å²) in [5.74, 6) is 1.50. The van der Waals surface area contributed by atoms with E-state index in [1.807, 2.05) is 73.6 Å². The summed E-state index contributed by atoms with van der Waals surface area (Å²) >= 11 is 0. The zero-order valence-electron chi connectivity index (χ0n) is 46.6. The fourth-order valence-electron chi connectivity index (χ4n) is 13.3. The molecular formula is C74H53BN2O6. The van der Waals surface area contributed by atoms with E-state index in [1.165, 1.54) is 11.1 Å². The number of fused-ring (bicyclic) bond motifs is 12. The number of hydrogen-bond donors (Lipinski definition) is 0. The first-order chi connectivity index (χ1) is 40.4. The molecule has 9 aromatic carbocycles. The third-order valence-corrected chi connectivity index (χ3v) is 17.5. The molecule has 0 unspecified atom stereocenters. The number of hydrogen-bond acceptors (Lipinski definition) is 8. The van der Waals surface area contributed by atoms with E-state index in [1.54, 1.807) is 0 Å². The molecule has 0 bridgehead atoms. The van der Waals surface area contributed by atoms with Crippen molar-refractivity contribution in [1.82, 2.24) is 0 Å². The molecule has 0 N–H and O–H groups in total. The molecule has 0 saturated carbocycles. The van der Waals surface area contributed by atoms with Gasteiger partial charge in [-0.1, -0.05) is 133 Å². The monoisotopic (exact) mass is 1080 g/mol. The van der Waals surface area contributed by atoms with Gasteiger partial charge in [0, 0.05) is 76.9 Å². The summed E-state index contributed by atoms with van der Waals surface area (Å²) in [5, 5.41) is 6.23. The molecule has 15 aromatic rings. The SMILES string of the molecule is CC(C)(C)c1ccc2oc3c(c2c1)B1c2c(cccc2N(c2cc(-c4coc5ccccc45)cc(-c4coc5ccccc45)c2)c2oc4ccc(C(C)(C)C)cc4c21)N3c1cc(-c2coc3ccccc23)cc(-c2coc3ccccc23)c1. The maximum Gasteiger partial charge on any atom is 0.262 e. The van der Waals surface area contributed by atoms with Gasteiger partial charge < -0.3 is 26.5 Å². The highest BCUT2D eigenvalue weighted by Crippen LogP contribution is 2.51. The first-order valence-corrected chi connectivity index (χ1v) is 28.4. The van der Waals surface area contributed by atoms with Crippen LogP contribution in [0.5, 0.6) is 0 Å². The molecule has 8 nitrogen and oxygen atoms in total. The van der Waals surface area contributed by atoms with Crippen LogP contribution in [-0.4, -0.2) is 6.71 Å². The van der Waals surface area contributed by atoms with Crippen LogP contribution in [0.3, 0.4) is 0 Å². The molecule has 0 radical (unpaired) electrons. The second-order valence-corrected chi connectivity index (χ2v) is 24.5. The van der Waals surface area contributed by atoms with Crippen molar-refractivity contribution in [3.63, 3.8) is 0 Å². The van der Waals surface area contributed by atoms with Crippen molar-refractivity contribution in [3.05, 3.63) is 224 Å². The molecule has 83 heavy (non-hydrogen) atoms. The maximum absolute atomic E-state index is 7.48. The van der Waals surface area contributed by atoms with Crippen LogP contribution in [0.25, 0.3) is 110 Å². The minimum absolute atomic E-state index is 0.151. The van der Waals surface area contributed by atoms with E-state index in [0.717, 1.165) is 161 Å². The lowest BCUT2D eigenvalue weighted by Gasteiger charge is -2.40. The van der Waals surface area contributed by atoms with Crippen molar-refractivity contribution in [2.45, 2.75) is 52.4 Å². The van der Waals surface area contributed by atoms with Crippen LogP contribution in [0.15, 0.2) is 240 Å². The van der Waals surface area contributed by atoms with E-state index in [-0.39, 0.29) is 17.5 Å². The lowest BCUT2D eigenvalue weighted by Crippen LogP contribution is -2.60. The lowest BCUT2D eigenvalue weighted by molar-refractivity contribution is 0.589. The summed E-state index contributed by atoms with van der Waals surface area (Å²) in [6.07, 6.45) is 7.53. The van der Waals surface area contributed by atoms with Crippen molar-refractivity contribution in [3.8, 4) is 44.5 Å². The topological polar surface area (TPSA) is 85.3 Å². The Morgan fingerprint density at radius 1 is 0.313 bits per heavy atom. The minimum atomic E-state index is -0.330. The summed E-state index contributed by atoms with van der Waals surface area (Å²) < 4.78 is 40.2. The highest BCUT2D eigenvalue weighted by molar-refractivity contribution is 7.02. The quantitative estimate of drug-likeness (QED) is 0.152. The zero-order chi connectivity index (χ0) is 55.6. The molecule has 398 valence electrons. The van der Waals surface area contributed by atoms with Gasteiger partial charge in [0.05, 0.1) is 36.4 Å². The molecule has 6 aromatic heterocycles. The fraction of sp³-hybridized carbons (Fsp3) is 0.108. The molecule has 2 aliphatic rings. The van der Waals surface area contributed by atoms with Gasteiger partial charge in [0.1, 0.15) is 33.5 Å². The Kier molecular flexibility index (Phi) is 9.88. The van der Waals surface area contributed by atoms with Gasteiger partial charge in [0.15, 0.2) is 0 Å². The van der Waals surface area contributed by atoms with Crippen molar-refractivity contribution in [2.75, 3.05) is 9.80 Å². The van der Waals surface area contributed by atoms with Gasteiger partial charge in [-0.2, -0.15) is 0 Å². The van der Waals surface area contributed by atoms with Crippen LogP contribution in [0.1, 0.15) is 52.7 Å². The van der Waals surface area contributed by atoms with Crippen LogP contribution < -0.4 is 26.2 Å². The summed E-state index contributed by atoms with van der Waals surface area (Å²) in [7, 11) is 0. The first-order valence-electron chi connectivity index (χ1n) is 28.4. The molecule has 0 amide bonds. The first kappa shape index (κ1) is 47.7. The van der Waals surface area contributed by atoms with Gasteiger partial charge in [-0.3, -0.25) is 9.80 Å². The van der Waals surface area contributed by atoms with Crippen molar-refractivity contribution < 1.29 is 26.5 Å². The third kappa shape index (κ3) is 7.13. The van der Waals surface area contributed by atoms with Gasteiger partial charge in [0.25, 0.3) is 6.71 Å². The Bertz CT molecular complexity index is 4680. The highest BCUT2D eigenvalue weighted by atomic mass is 16.4. The average molecular weight is 1080 g/mol. The molecular weight excluding hydrogens is 1020 g/mol. The Morgan fingerprint density at radius 3 is 0.988 bits per heavy atom. The van der Waals surface area contributed by atoms with Crippen LogP contribution >= 0.6 is 0 Å². The standard InChI is InChI=1S/C74H53BN2O6/c1-73(2,3)46-26-28-66-54(36-46)68-71(82-66)76(48-32-42(56-38-78-62-22-11-7-16-50(56)62)30-43(33-48)57-39-79-63-23-12-8-17-51(57)63)60-20-15-21-61-70(60)75(68)69-55-37-47(74(4,5)6)27-29-67(55)83-72(69)77(61)49-34-44(58-40-80-64-24-13-9-18-52(58)64)31-45(35-49)59-41-81-65-25-14-10-19-53(59)65/h7-41H,1-6H3. The summed E-state index contributed by atoms with van der Waals surface area (Å²) in [6, 6.07) is 66.9. The zero-order valence-corrected chi connectivity index (χ0v) is 46.6. The number of para-hydroxylation sites is 4. The maximum atomic E-state index is 7.48. The number of benzene rings is 9. The summed E-state index contributed by atoms with van der Waals surface area (Å²) in [6.45, 7) is 13.3. The average Bonchev–Trinajstić information content (AvgIpc) is 1.71. The Labute approximate surface area is 478 Å². The van der Waals surface area contributed by atoms with Gasteiger partial charge in [0.2, 0.25) is 11.8 Å². The van der Waals surface area contributed by atoms with Gasteiger partial charge in [-0.05, 0) is 147 Å². The Hall–Kier alpha value is -10.1. The van der Waals surface area contributed by atoms with Crippen LogP contribution in [0.4, 0.5) is 34.5 Å².